The molecule has 3 heteroatoms. The summed E-state index contributed by atoms with van der Waals surface area (Å²) in [5, 5.41) is 0. The van der Waals surface area contributed by atoms with Crippen molar-refractivity contribution in [3.8, 4) is 0 Å². The van der Waals surface area contributed by atoms with Gasteiger partial charge in [-0.15, -0.1) is 0 Å². The van der Waals surface area contributed by atoms with Gasteiger partial charge in [-0.3, -0.25) is 4.90 Å². The summed E-state index contributed by atoms with van der Waals surface area (Å²) >= 11 is 4.69. The molecule has 106 valence electrons. The topological polar surface area (TPSA) is 12.5 Å². The minimum Gasteiger partial charge on any atom is -0.376 e. The highest BCUT2D eigenvalue weighted by atomic mass is 32.1. The molecule has 0 radical (unpaired) electrons. The Morgan fingerprint density at radius 2 is 1.83 bits per heavy atom. The zero-order chi connectivity index (χ0) is 13.0. The molecule has 0 amide bonds. The fourth-order valence-corrected chi connectivity index (χ4v) is 3.88. The summed E-state index contributed by atoms with van der Waals surface area (Å²) in [6, 6.07) is 0.571. The van der Waals surface area contributed by atoms with Gasteiger partial charge in [0.15, 0.2) is 0 Å². The van der Waals surface area contributed by atoms with E-state index in [9.17, 15) is 0 Å². The summed E-state index contributed by atoms with van der Waals surface area (Å²) in [5.41, 5.74) is 0.463. The van der Waals surface area contributed by atoms with Crippen LogP contribution in [0.5, 0.6) is 0 Å². The SMILES string of the molecule is CC1CN(CC2(CS)CCCCCC2)C(C)CO1. The third kappa shape index (κ3) is 3.64. The van der Waals surface area contributed by atoms with Crippen LogP contribution in [-0.2, 0) is 4.74 Å². The van der Waals surface area contributed by atoms with E-state index in [1.165, 1.54) is 45.1 Å². The molecule has 2 unspecified atom stereocenters. The Labute approximate surface area is 118 Å². The lowest BCUT2D eigenvalue weighted by Gasteiger charge is -2.43. The van der Waals surface area contributed by atoms with Crippen LogP contribution in [0, 0.1) is 5.41 Å². The smallest absolute Gasteiger partial charge is 0.0674 e. The van der Waals surface area contributed by atoms with E-state index in [1.54, 1.807) is 0 Å². The Kier molecular flexibility index (Phi) is 5.40. The van der Waals surface area contributed by atoms with Crippen molar-refractivity contribution < 1.29 is 4.74 Å². The molecule has 2 rings (SSSR count). The van der Waals surface area contributed by atoms with Crippen LogP contribution in [0.4, 0.5) is 0 Å². The molecule has 0 spiro atoms. The van der Waals surface area contributed by atoms with E-state index in [4.69, 9.17) is 17.4 Å². The van der Waals surface area contributed by atoms with Gasteiger partial charge < -0.3 is 4.74 Å². The molecular formula is C15H29NOS. The number of rotatable bonds is 3. The van der Waals surface area contributed by atoms with Gasteiger partial charge in [-0.05, 0) is 37.9 Å². The van der Waals surface area contributed by atoms with Crippen LogP contribution < -0.4 is 0 Å². The molecule has 1 aliphatic carbocycles. The molecule has 2 nitrogen and oxygen atoms in total. The maximum absolute atomic E-state index is 5.74. The van der Waals surface area contributed by atoms with Gasteiger partial charge in [-0.1, -0.05) is 25.7 Å². The highest BCUT2D eigenvalue weighted by molar-refractivity contribution is 7.80. The maximum Gasteiger partial charge on any atom is 0.0674 e. The van der Waals surface area contributed by atoms with Crippen LogP contribution in [0.2, 0.25) is 0 Å². The molecule has 2 atom stereocenters. The highest BCUT2D eigenvalue weighted by Gasteiger charge is 2.34. The van der Waals surface area contributed by atoms with E-state index in [0.29, 0.717) is 17.6 Å². The lowest BCUT2D eigenvalue weighted by Crippen LogP contribution is -2.51. The minimum atomic E-state index is 0.393. The molecule has 2 aliphatic rings. The Hall–Kier alpha value is 0.270. The minimum absolute atomic E-state index is 0.393. The largest absolute Gasteiger partial charge is 0.376 e. The van der Waals surface area contributed by atoms with Crippen LogP contribution in [0.25, 0.3) is 0 Å². The third-order valence-corrected chi connectivity index (χ3v) is 5.45. The molecule has 0 aromatic heterocycles. The van der Waals surface area contributed by atoms with E-state index in [-0.39, 0.29) is 0 Å². The number of thiol groups is 1. The van der Waals surface area contributed by atoms with Gasteiger partial charge in [0.25, 0.3) is 0 Å². The second-order valence-corrected chi connectivity index (χ2v) is 6.81. The Bertz CT molecular complexity index is 251. The van der Waals surface area contributed by atoms with Gasteiger partial charge in [0.1, 0.15) is 0 Å². The van der Waals surface area contributed by atoms with Crippen molar-refractivity contribution in [2.75, 3.05) is 25.4 Å². The highest BCUT2D eigenvalue weighted by Crippen LogP contribution is 2.37. The third-order valence-electron chi connectivity index (χ3n) is 4.78. The molecule has 0 bridgehead atoms. The lowest BCUT2D eigenvalue weighted by atomic mass is 9.81. The molecule has 0 N–H and O–H groups in total. The standard InChI is InChI=1S/C15H29NOS/c1-13-10-17-14(2)9-16(13)11-15(12-18)7-5-3-4-6-8-15/h13-14,18H,3-12H2,1-2H3. The fraction of sp³-hybridized carbons (Fsp3) is 1.00. The summed E-state index contributed by atoms with van der Waals surface area (Å²) in [6.07, 6.45) is 8.77. The van der Waals surface area contributed by atoms with Gasteiger partial charge in [-0.25, -0.2) is 0 Å². The van der Waals surface area contributed by atoms with Crippen molar-refractivity contribution in [3.63, 3.8) is 0 Å². The van der Waals surface area contributed by atoms with Gasteiger partial charge in [0.2, 0.25) is 0 Å². The summed E-state index contributed by atoms with van der Waals surface area (Å²) in [6.45, 7) is 7.71. The van der Waals surface area contributed by atoms with Crippen LogP contribution in [0.1, 0.15) is 52.4 Å². The number of ether oxygens (including phenoxy) is 1. The molecule has 1 saturated carbocycles. The Morgan fingerprint density at radius 1 is 1.17 bits per heavy atom. The van der Waals surface area contributed by atoms with Crippen LogP contribution in [0.15, 0.2) is 0 Å². The van der Waals surface area contributed by atoms with Crippen molar-refractivity contribution in [2.45, 2.75) is 64.5 Å². The zero-order valence-corrected chi connectivity index (χ0v) is 12.9. The van der Waals surface area contributed by atoms with Crippen LogP contribution in [-0.4, -0.2) is 42.5 Å². The van der Waals surface area contributed by atoms with Crippen molar-refractivity contribution in [1.82, 2.24) is 4.90 Å². The van der Waals surface area contributed by atoms with E-state index in [2.05, 4.69) is 18.7 Å². The average Bonchev–Trinajstić information content (AvgIpc) is 2.60. The zero-order valence-electron chi connectivity index (χ0n) is 12.0. The average molecular weight is 271 g/mol. The number of hydrogen-bond donors (Lipinski definition) is 1. The van der Waals surface area contributed by atoms with Gasteiger partial charge >= 0.3 is 0 Å². The van der Waals surface area contributed by atoms with Crippen LogP contribution >= 0.6 is 12.6 Å². The van der Waals surface area contributed by atoms with Crippen molar-refractivity contribution >= 4 is 12.6 Å². The van der Waals surface area contributed by atoms with E-state index in [1.807, 2.05) is 0 Å². The van der Waals surface area contributed by atoms with E-state index >= 15 is 0 Å². The van der Waals surface area contributed by atoms with Crippen molar-refractivity contribution in [1.29, 1.82) is 0 Å². The first-order valence-corrected chi connectivity index (χ1v) is 8.25. The quantitative estimate of drug-likeness (QED) is 0.624. The van der Waals surface area contributed by atoms with E-state index in [0.717, 1.165) is 18.9 Å². The molecule has 1 heterocycles. The van der Waals surface area contributed by atoms with Gasteiger partial charge in [0, 0.05) is 19.1 Å². The normalized spacial score (nSPS) is 34.2. The summed E-state index contributed by atoms with van der Waals surface area (Å²) in [5.74, 6) is 1.05. The molecule has 1 aliphatic heterocycles. The molecule has 18 heavy (non-hydrogen) atoms. The van der Waals surface area contributed by atoms with Crippen LogP contribution in [0.3, 0.4) is 0 Å². The monoisotopic (exact) mass is 271 g/mol. The first-order valence-electron chi connectivity index (χ1n) is 7.62. The lowest BCUT2D eigenvalue weighted by molar-refractivity contribution is -0.0624. The predicted octanol–water partition coefficient (Wildman–Crippen LogP) is 3.37. The molecular weight excluding hydrogens is 242 g/mol. The Balaban J connectivity index is 1.99. The maximum atomic E-state index is 5.74. The molecule has 2 fully saturated rings. The molecule has 1 saturated heterocycles. The first-order chi connectivity index (χ1) is 8.65. The number of morpholine rings is 1. The van der Waals surface area contributed by atoms with Gasteiger partial charge in [0.05, 0.1) is 12.7 Å². The molecule has 0 aromatic carbocycles. The second kappa shape index (κ2) is 6.62. The number of hydrogen-bond acceptors (Lipinski definition) is 3. The first kappa shape index (κ1) is 14.7. The number of nitrogens with zero attached hydrogens (tertiary/aromatic N) is 1. The van der Waals surface area contributed by atoms with E-state index < -0.39 is 0 Å². The molecule has 0 aromatic rings. The summed E-state index contributed by atoms with van der Waals surface area (Å²) in [4.78, 5) is 2.65. The predicted molar refractivity (Wildman–Crippen MR) is 80.4 cm³/mol. The summed E-state index contributed by atoms with van der Waals surface area (Å²) in [7, 11) is 0. The fourth-order valence-electron chi connectivity index (χ4n) is 3.47. The van der Waals surface area contributed by atoms with Crippen molar-refractivity contribution in [3.05, 3.63) is 0 Å². The van der Waals surface area contributed by atoms with Crippen molar-refractivity contribution in [2.24, 2.45) is 5.41 Å². The summed E-state index contributed by atoms with van der Waals surface area (Å²) < 4.78 is 5.74. The second-order valence-electron chi connectivity index (χ2n) is 6.49. The van der Waals surface area contributed by atoms with Gasteiger partial charge in [-0.2, -0.15) is 12.6 Å². The Morgan fingerprint density at radius 3 is 2.44 bits per heavy atom.